The molecule has 0 bridgehead atoms. The summed E-state index contributed by atoms with van der Waals surface area (Å²) in [5, 5.41) is 0. The predicted molar refractivity (Wildman–Crippen MR) is 53.4 cm³/mol. The topological polar surface area (TPSA) is 90.0 Å². The van der Waals surface area contributed by atoms with Crippen LogP contribution in [-0.4, -0.2) is 48.9 Å². The molecule has 0 radical (unpaired) electrons. The average Bonchev–Trinajstić information content (AvgIpc) is 2.54. The summed E-state index contributed by atoms with van der Waals surface area (Å²) in [5.41, 5.74) is 0. The van der Waals surface area contributed by atoms with Crippen molar-refractivity contribution in [1.29, 1.82) is 0 Å². The minimum Gasteiger partial charge on any atom is -0.466 e. The van der Waals surface area contributed by atoms with Crippen LogP contribution in [0.5, 0.6) is 0 Å². The molecular weight excluding hydrogens is 230 g/mol. The van der Waals surface area contributed by atoms with Crippen molar-refractivity contribution in [3.63, 3.8) is 0 Å². The van der Waals surface area contributed by atoms with E-state index in [2.05, 4.69) is 4.74 Å². The van der Waals surface area contributed by atoms with Crippen molar-refractivity contribution >= 4 is 23.8 Å². The maximum Gasteiger partial charge on any atom is 0.331 e. The fraction of sp³-hybridized carbons (Fsp3) is 0.400. The molecule has 1 aliphatic heterocycles. The van der Waals surface area contributed by atoms with Crippen molar-refractivity contribution in [2.75, 3.05) is 14.2 Å². The summed E-state index contributed by atoms with van der Waals surface area (Å²) in [7, 11) is 2.47. The van der Waals surface area contributed by atoms with Gasteiger partial charge in [-0.3, -0.25) is 14.5 Å². The molecule has 0 aromatic heterocycles. The molecule has 0 N–H and O–H groups in total. The number of ether oxygens (including phenoxy) is 2. The molecule has 7 nitrogen and oxygen atoms in total. The van der Waals surface area contributed by atoms with Gasteiger partial charge < -0.3 is 9.47 Å². The van der Waals surface area contributed by atoms with Gasteiger partial charge in [-0.2, -0.15) is 0 Å². The third-order valence-electron chi connectivity index (χ3n) is 2.16. The average molecular weight is 241 g/mol. The molecule has 0 saturated carbocycles. The molecule has 1 aliphatic rings. The maximum atomic E-state index is 11.4. The van der Waals surface area contributed by atoms with Gasteiger partial charge in [0.15, 0.2) is 6.10 Å². The van der Waals surface area contributed by atoms with Crippen molar-refractivity contribution in [2.45, 2.75) is 12.5 Å². The number of nitrogens with zero attached hydrogens (tertiary/aromatic N) is 1. The molecule has 1 fully saturated rings. The van der Waals surface area contributed by atoms with Gasteiger partial charge >= 0.3 is 11.9 Å². The van der Waals surface area contributed by atoms with Gasteiger partial charge in [0.2, 0.25) is 5.91 Å². The number of likely N-dealkylation sites (tertiary alicyclic amines) is 1. The summed E-state index contributed by atoms with van der Waals surface area (Å²) in [5.74, 6) is -2.58. The third-order valence-corrected chi connectivity index (χ3v) is 2.16. The highest BCUT2D eigenvalue weighted by molar-refractivity contribution is 6.05. The lowest BCUT2D eigenvalue weighted by atomic mass is 10.3. The smallest absolute Gasteiger partial charge is 0.331 e. The van der Waals surface area contributed by atoms with Crippen LogP contribution in [0.3, 0.4) is 0 Å². The quantitative estimate of drug-likeness (QED) is 0.358. The molecule has 7 heteroatoms. The summed E-state index contributed by atoms with van der Waals surface area (Å²) in [6, 6.07) is 0. The van der Waals surface area contributed by atoms with Gasteiger partial charge in [0.25, 0.3) is 5.91 Å². The summed E-state index contributed by atoms with van der Waals surface area (Å²) < 4.78 is 8.98. The number of methoxy groups -OCH3 is 1. The van der Waals surface area contributed by atoms with Crippen molar-refractivity contribution in [3.05, 3.63) is 12.2 Å². The number of rotatable bonds is 3. The van der Waals surface area contributed by atoms with Crippen LogP contribution in [0.1, 0.15) is 6.42 Å². The summed E-state index contributed by atoms with van der Waals surface area (Å²) in [6.07, 6.45) is 0.421. The Hall–Kier alpha value is -2.18. The van der Waals surface area contributed by atoms with Crippen molar-refractivity contribution in [3.8, 4) is 0 Å². The monoisotopic (exact) mass is 241 g/mol. The first-order chi connectivity index (χ1) is 7.95. The molecule has 1 unspecified atom stereocenters. The fourth-order valence-corrected chi connectivity index (χ4v) is 1.20. The number of hydrogen-bond donors (Lipinski definition) is 0. The maximum absolute atomic E-state index is 11.4. The molecule has 0 aromatic carbocycles. The lowest BCUT2D eigenvalue weighted by molar-refractivity contribution is -0.152. The number of likely N-dealkylation sites (N-methyl/N-ethyl adjacent to an activating group) is 1. The zero-order valence-electron chi connectivity index (χ0n) is 9.34. The van der Waals surface area contributed by atoms with Gasteiger partial charge in [-0.15, -0.1) is 0 Å². The van der Waals surface area contributed by atoms with Crippen LogP contribution < -0.4 is 0 Å². The lowest BCUT2D eigenvalue weighted by Gasteiger charge is -2.08. The molecular formula is C10H11NO6. The number of amides is 2. The van der Waals surface area contributed by atoms with Crippen molar-refractivity contribution < 1.29 is 28.7 Å². The molecule has 1 heterocycles. The number of esters is 2. The second-order valence-corrected chi connectivity index (χ2v) is 3.28. The van der Waals surface area contributed by atoms with Gasteiger partial charge in [0, 0.05) is 19.2 Å². The highest BCUT2D eigenvalue weighted by atomic mass is 16.5. The molecule has 1 rings (SSSR count). The Labute approximate surface area is 97.0 Å². The highest BCUT2D eigenvalue weighted by Crippen LogP contribution is 2.14. The Morgan fingerprint density at radius 3 is 2.35 bits per heavy atom. The molecule has 0 aliphatic carbocycles. The Bertz CT molecular complexity index is 400. The van der Waals surface area contributed by atoms with Crippen LogP contribution in [0, 0.1) is 0 Å². The van der Waals surface area contributed by atoms with Crippen LogP contribution in [-0.2, 0) is 28.7 Å². The molecule has 1 atom stereocenters. The Kier molecular flexibility index (Phi) is 3.97. The number of carbonyl (C=O) groups excluding carboxylic acids is 4. The predicted octanol–water partition coefficient (Wildman–Crippen LogP) is -0.984. The second-order valence-electron chi connectivity index (χ2n) is 3.28. The highest BCUT2D eigenvalue weighted by Gasteiger charge is 2.38. The van der Waals surface area contributed by atoms with E-state index in [0.29, 0.717) is 0 Å². The normalized spacial score (nSPS) is 19.9. The first kappa shape index (κ1) is 12.9. The van der Waals surface area contributed by atoms with E-state index in [0.717, 1.165) is 24.2 Å². The Morgan fingerprint density at radius 2 is 1.88 bits per heavy atom. The third kappa shape index (κ3) is 3.13. The first-order valence-electron chi connectivity index (χ1n) is 4.72. The molecule has 92 valence electrons. The zero-order chi connectivity index (χ0) is 13.0. The van der Waals surface area contributed by atoms with Crippen LogP contribution in [0.4, 0.5) is 0 Å². The lowest BCUT2D eigenvalue weighted by Crippen LogP contribution is -2.30. The molecule has 0 spiro atoms. The molecule has 2 amide bonds. The van der Waals surface area contributed by atoms with Crippen LogP contribution in [0.2, 0.25) is 0 Å². The van der Waals surface area contributed by atoms with E-state index in [1.54, 1.807) is 0 Å². The second kappa shape index (κ2) is 5.24. The summed E-state index contributed by atoms with van der Waals surface area (Å²) >= 11 is 0. The number of carbonyl (C=O) groups is 4. The summed E-state index contributed by atoms with van der Waals surface area (Å²) in [4.78, 5) is 45.2. The van der Waals surface area contributed by atoms with Gasteiger partial charge in [-0.1, -0.05) is 0 Å². The van der Waals surface area contributed by atoms with E-state index in [1.807, 2.05) is 0 Å². The van der Waals surface area contributed by atoms with Gasteiger partial charge in [-0.05, 0) is 0 Å². The molecule has 17 heavy (non-hydrogen) atoms. The van der Waals surface area contributed by atoms with E-state index in [1.165, 1.54) is 7.05 Å². The minimum absolute atomic E-state index is 0.173. The first-order valence-corrected chi connectivity index (χ1v) is 4.72. The van der Waals surface area contributed by atoms with E-state index in [-0.39, 0.29) is 6.42 Å². The largest absolute Gasteiger partial charge is 0.466 e. The zero-order valence-corrected chi connectivity index (χ0v) is 9.34. The standard InChI is InChI=1S/C10H11NO6/c1-11-7(12)5-6(10(11)15)17-9(14)4-3-8(13)16-2/h3-4,6H,5H2,1-2H3/b4-3+. The van der Waals surface area contributed by atoms with Crippen molar-refractivity contribution in [1.82, 2.24) is 4.90 Å². The Balaban J connectivity index is 2.53. The molecule has 1 saturated heterocycles. The minimum atomic E-state index is -1.11. The van der Waals surface area contributed by atoms with Crippen molar-refractivity contribution in [2.24, 2.45) is 0 Å². The van der Waals surface area contributed by atoms with E-state index < -0.39 is 29.9 Å². The SMILES string of the molecule is COC(=O)/C=C/C(=O)OC1CC(=O)N(C)C1=O. The van der Waals surface area contributed by atoms with E-state index >= 15 is 0 Å². The van der Waals surface area contributed by atoms with E-state index in [9.17, 15) is 19.2 Å². The van der Waals surface area contributed by atoms with Gasteiger partial charge in [0.1, 0.15) is 0 Å². The van der Waals surface area contributed by atoms with Gasteiger partial charge in [0.05, 0.1) is 13.5 Å². The number of hydrogen-bond acceptors (Lipinski definition) is 6. The van der Waals surface area contributed by atoms with Crippen LogP contribution >= 0.6 is 0 Å². The summed E-state index contributed by atoms with van der Waals surface area (Å²) in [6.45, 7) is 0. The van der Waals surface area contributed by atoms with Crippen LogP contribution in [0.15, 0.2) is 12.2 Å². The van der Waals surface area contributed by atoms with E-state index in [4.69, 9.17) is 4.74 Å². The number of imide groups is 1. The van der Waals surface area contributed by atoms with Gasteiger partial charge in [-0.25, -0.2) is 9.59 Å². The fourth-order valence-electron chi connectivity index (χ4n) is 1.20. The Morgan fingerprint density at radius 1 is 1.29 bits per heavy atom. The molecule has 0 aromatic rings. The van der Waals surface area contributed by atoms with Crippen LogP contribution in [0.25, 0.3) is 0 Å².